The van der Waals surface area contributed by atoms with E-state index in [1.807, 2.05) is 30.3 Å². The molecule has 0 saturated heterocycles. The van der Waals surface area contributed by atoms with Gasteiger partial charge in [0.05, 0.1) is 6.07 Å². The molecule has 5 nitrogen and oxygen atoms in total. The molecular weight excluding hydrogens is 254 g/mol. The Morgan fingerprint density at radius 2 is 1.90 bits per heavy atom. The first-order valence-corrected chi connectivity index (χ1v) is 6.06. The quantitative estimate of drug-likeness (QED) is 0.640. The van der Waals surface area contributed by atoms with Crippen LogP contribution in [0.4, 0.5) is 0 Å². The molecule has 2 aromatic rings. The Balaban J connectivity index is 2.39. The second kappa shape index (κ2) is 5.85. The van der Waals surface area contributed by atoms with Crippen molar-refractivity contribution in [2.45, 2.75) is 5.92 Å². The van der Waals surface area contributed by atoms with Gasteiger partial charge < -0.3 is 11.1 Å². The summed E-state index contributed by atoms with van der Waals surface area (Å²) in [7, 11) is 0. The summed E-state index contributed by atoms with van der Waals surface area (Å²) < 4.78 is 0. The Labute approximate surface area is 116 Å². The average molecular weight is 267 g/mol. The number of carbonyl (C=O) groups is 2. The van der Waals surface area contributed by atoms with Gasteiger partial charge in [-0.1, -0.05) is 36.4 Å². The van der Waals surface area contributed by atoms with Gasteiger partial charge in [0.15, 0.2) is 0 Å². The summed E-state index contributed by atoms with van der Waals surface area (Å²) >= 11 is 0. The van der Waals surface area contributed by atoms with Gasteiger partial charge in [-0.3, -0.25) is 9.59 Å². The third-order valence-corrected chi connectivity index (χ3v) is 3.00. The summed E-state index contributed by atoms with van der Waals surface area (Å²) in [5.74, 6) is -2.39. The van der Waals surface area contributed by atoms with E-state index in [0.29, 0.717) is 5.56 Å². The molecule has 3 N–H and O–H groups in total. The molecule has 20 heavy (non-hydrogen) atoms. The molecule has 0 heterocycles. The van der Waals surface area contributed by atoms with Gasteiger partial charge in [0.1, 0.15) is 12.5 Å². The lowest BCUT2D eigenvalue weighted by Gasteiger charge is -2.13. The number of hydrogen-bond acceptors (Lipinski definition) is 3. The molecule has 0 aliphatic carbocycles. The Morgan fingerprint density at radius 1 is 1.20 bits per heavy atom. The zero-order valence-electron chi connectivity index (χ0n) is 10.7. The van der Waals surface area contributed by atoms with Gasteiger partial charge in [0.25, 0.3) is 0 Å². The number of amides is 2. The van der Waals surface area contributed by atoms with E-state index in [-0.39, 0.29) is 6.54 Å². The topological polar surface area (TPSA) is 96.0 Å². The van der Waals surface area contributed by atoms with Crippen molar-refractivity contribution in [1.82, 2.24) is 5.32 Å². The van der Waals surface area contributed by atoms with E-state index in [4.69, 9.17) is 11.0 Å². The monoisotopic (exact) mass is 267 g/mol. The smallest absolute Gasteiger partial charge is 0.237 e. The second-order valence-electron chi connectivity index (χ2n) is 4.32. The Morgan fingerprint density at radius 3 is 2.55 bits per heavy atom. The number of fused-ring (bicyclic) bond motifs is 1. The van der Waals surface area contributed by atoms with Gasteiger partial charge >= 0.3 is 0 Å². The maximum atomic E-state index is 11.9. The van der Waals surface area contributed by atoms with Crippen molar-refractivity contribution in [3.05, 3.63) is 48.0 Å². The van der Waals surface area contributed by atoms with Crippen LogP contribution in [0.1, 0.15) is 11.5 Å². The molecule has 5 heteroatoms. The van der Waals surface area contributed by atoms with E-state index in [0.717, 1.165) is 10.8 Å². The normalized spacial score (nSPS) is 11.6. The van der Waals surface area contributed by atoms with E-state index in [9.17, 15) is 9.59 Å². The molecule has 0 saturated carbocycles. The van der Waals surface area contributed by atoms with Crippen molar-refractivity contribution < 1.29 is 9.59 Å². The first-order chi connectivity index (χ1) is 9.63. The predicted octanol–water partition coefficient (Wildman–Crippen LogP) is 1.05. The fourth-order valence-electron chi connectivity index (χ4n) is 2.06. The van der Waals surface area contributed by atoms with Crippen LogP contribution in [0.2, 0.25) is 0 Å². The number of nitriles is 1. The number of primary amides is 1. The number of nitrogens with two attached hydrogens (primary N) is 1. The van der Waals surface area contributed by atoms with Gasteiger partial charge in [-0.2, -0.15) is 5.26 Å². The summed E-state index contributed by atoms with van der Waals surface area (Å²) in [4.78, 5) is 23.4. The van der Waals surface area contributed by atoms with Gasteiger partial charge in [-0.15, -0.1) is 0 Å². The summed E-state index contributed by atoms with van der Waals surface area (Å²) in [5.41, 5.74) is 5.82. The average Bonchev–Trinajstić information content (AvgIpc) is 2.44. The van der Waals surface area contributed by atoms with E-state index in [2.05, 4.69) is 5.32 Å². The third-order valence-electron chi connectivity index (χ3n) is 3.00. The lowest BCUT2D eigenvalue weighted by Crippen LogP contribution is -2.37. The van der Waals surface area contributed by atoms with E-state index < -0.39 is 17.7 Å². The molecule has 0 aliphatic heterocycles. The molecular formula is C15H13N3O2. The molecule has 0 radical (unpaired) electrons. The molecule has 0 bridgehead atoms. The fourth-order valence-corrected chi connectivity index (χ4v) is 2.06. The van der Waals surface area contributed by atoms with Gasteiger partial charge in [0, 0.05) is 0 Å². The molecule has 100 valence electrons. The van der Waals surface area contributed by atoms with Gasteiger partial charge in [-0.05, 0) is 22.4 Å². The summed E-state index contributed by atoms with van der Waals surface area (Å²) in [5, 5.41) is 12.8. The molecule has 1 unspecified atom stereocenters. The molecule has 1 atom stereocenters. The number of nitrogens with zero attached hydrogens (tertiary/aromatic N) is 1. The van der Waals surface area contributed by atoms with Crippen molar-refractivity contribution in [3.8, 4) is 6.07 Å². The van der Waals surface area contributed by atoms with Crippen LogP contribution < -0.4 is 11.1 Å². The van der Waals surface area contributed by atoms with Crippen LogP contribution >= 0.6 is 0 Å². The van der Waals surface area contributed by atoms with Crippen molar-refractivity contribution >= 4 is 22.6 Å². The maximum Gasteiger partial charge on any atom is 0.237 e. The SMILES string of the molecule is N#CCNC(=O)C(C(N)=O)c1ccc2ccccc2c1. The number of carbonyl (C=O) groups excluding carboxylic acids is 2. The van der Waals surface area contributed by atoms with E-state index in [1.54, 1.807) is 18.2 Å². The van der Waals surface area contributed by atoms with Gasteiger partial charge in [0.2, 0.25) is 11.8 Å². The highest BCUT2D eigenvalue weighted by Crippen LogP contribution is 2.22. The molecule has 0 spiro atoms. The molecule has 0 aliphatic rings. The summed E-state index contributed by atoms with van der Waals surface area (Å²) in [6, 6.07) is 14.7. The van der Waals surface area contributed by atoms with Crippen LogP contribution in [0.3, 0.4) is 0 Å². The zero-order chi connectivity index (χ0) is 14.5. The Bertz CT molecular complexity index is 704. The molecule has 0 aromatic heterocycles. The van der Waals surface area contributed by atoms with Gasteiger partial charge in [-0.25, -0.2) is 0 Å². The van der Waals surface area contributed by atoms with Crippen LogP contribution in [0.5, 0.6) is 0 Å². The van der Waals surface area contributed by atoms with Crippen LogP contribution in [0.15, 0.2) is 42.5 Å². The maximum absolute atomic E-state index is 11.9. The Hall–Kier alpha value is -2.87. The second-order valence-corrected chi connectivity index (χ2v) is 4.32. The van der Waals surface area contributed by atoms with Crippen LogP contribution in [0, 0.1) is 11.3 Å². The standard InChI is InChI=1S/C15H13N3O2/c16-7-8-18-15(20)13(14(17)19)12-6-5-10-3-1-2-4-11(10)9-12/h1-6,9,13H,8H2,(H2,17,19)(H,18,20). The summed E-state index contributed by atoms with van der Waals surface area (Å²) in [6.45, 7) is -0.157. The first-order valence-electron chi connectivity index (χ1n) is 6.06. The van der Waals surface area contributed by atoms with Crippen LogP contribution in [-0.4, -0.2) is 18.4 Å². The number of benzene rings is 2. The minimum Gasteiger partial charge on any atom is -0.369 e. The molecule has 2 rings (SSSR count). The van der Waals surface area contributed by atoms with Crippen molar-refractivity contribution in [2.75, 3.05) is 6.54 Å². The van der Waals surface area contributed by atoms with E-state index in [1.165, 1.54) is 0 Å². The summed E-state index contributed by atoms with van der Waals surface area (Å²) in [6.07, 6.45) is 0. The van der Waals surface area contributed by atoms with Crippen molar-refractivity contribution in [1.29, 1.82) is 5.26 Å². The van der Waals surface area contributed by atoms with E-state index >= 15 is 0 Å². The fraction of sp³-hybridized carbons (Fsp3) is 0.133. The largest absolute Gasteiger partial charge is 0.369 e. The van der Waals surface area contributed by atoms with Crippen molar-refractivity contribution in [2.24, 2.45) is 5.73 Å². The highest BCUT2D eigenvalue weighted by atomic mass is 16.2. The van der Waals surface area contributed by atoms with Crippen LogP contribution in [0.25, 0.3) is 10.8 Å². The number of nitrogens with one attached hydrogen (secondary N) is 1. The minimum atomic E-state index is -1.09. The van der Waals surface area contributed by atoms with Crippen LogP contribution in [-0.2, 0) is 9.59 Å². The number of hydrogen-bond donors (Lipinski definition) is 2. The molecule has 0 fully saturated rings. The molecule has 2 amide bonds. The zero-order valence-corrected chi connectivity index (χ0v) is 10.7. The van der Waals surface area contributed by atoms with Crippen molar-refractivity contribution in [3.63, 3.8) is 0 Å². The lowest BCUT2D eigenvalue weighted by atomic mass is 9.95. The minimum absolute atomic E-state index is 0.157. The highest BCUT2D eigenvalue weighted by molar-refractivity contribution is 6.05. The lowest BCUT2D eigenvalue weighted by molar-refractivity contribution is -0.129. The molecule has 2 aromatic carbocycles. The first kappa shape index (κ1) is 13.6. The predicted molar refractivity (Wildman–Crippen MR) is 74.5 cm³/mol. The number of rotatable bonds is 4. The highest BCUT2D eigenvalue weighted by Gasteiger charge is 2.26. The third kappa shape index (κ3) is 2.75. The Kier molecular flexibility index (Phi) is 3.96.